The molecule has 2 aromatic carbocycles. The van der Waals surface area contributed by atoms with Crippen LogP contribution in [0.3, 0.4) is 0 Å². The van der Waals surface area contributed by atoms with Crippen LogP contribution in [0.2, 0.25) is 0 Å². The van der Waals surface area contributed by atoms with Gasteiger partial charge in [0.15, 0.2) is 11.5 Å². The average molecular weight is 333 g/mol. The summed E-state index contributed by atoms with van der Waals surface area (Å²) in [7, 11) is 0. The molecule has 0 aliphatic carbocycles. The number of anilines is 1. The summed E-state index contributed by atoms with van der Waals surface area (Å²) >= 11 is 0. The molecule has 1 aromatic heterocycles. The van der Waals surface area contributed by atoms with Crippen LogP contribution < -0.4 is 14.8 Å². The van der Waals surface area contributed by atoms with Crippen LogP contribution in [-0.2, 0) is 6.42 Å². The van der Waals surface area contributed by atoms with Crippen LogP contribution in [0.25, 0.3) is 16.9 Å². The highest BCUT2D eigenvalue weighted by Gasteiger charge is 2.26. The minimum absolute atomic E-state index is 0.287. The lowest BCUT2D eigenvalue weighted by molar-refractivity contribution is 0.174. The molecule has 5 rings (SSSR count). The Morgan fingerprint density at radius 1 is 1.08 bits per heavy atom. The SMILES string of the molecule is Cc1cccc(-n2nc(-c3ccc4c(c3)OCO4)c3c2NCC3)c1C. The zero-order valence-corrected chi connectivity index (χ0v) is 14.3. The average Bonchev–Trinajstić information content (AvgIpc) is 3.32. The summed E-state index contributed by atoms with van der Waals surface area (Å²) in [5, 5.41) is 8.46. The number of nitrogens with zero attached hydrogens (tertiary/aromatic N) is 2. The van der Waals surface area contributed by atoms with Crippen LogP contribution in [0.1, 0.15) is 16.7 Å². The first-order chi connectivity index (χ1) is 12.2. The van der Waals surface area contributed by atoms with Crippen molar-refractivity contribution in [3.8, 4) is 28.4 Å². The van der Waals surface area contributed by atoms with Crippen LogP contribution in [-0.4, -0.2) is 23.1 Å². The second-order valence-electron chi connectivity index (χ2n) is 6.55. The molecule has 0 atom stereocenters. The standard InChI is InChI=1S/C20H19N3O2/c1-12-4-3-5-16(13(12)2)23-20-15(8-9-21-20)19(22-23)14-6-7-17-18(10-14)25-11-24-17/h3-7,10,21H,8-9,11H2,1-2H3. The smallest absolute Gasteiger partial charge is 0.231 e. The Balaban J connectivity index is 1.69. The summed E-state index contributed by atoms with van der Waals surface area (Å²) in [6.45, 7) is 5.51. The Morgan fingerprint density at radius 3 is 2.88 bits per heavy atom. The minimum Gasteiger partial charge on any atom is -0.454 e. The van der Waals surface area contributed by atoms with Gasteiger partial charge in [-0.2, -0.15) is 5.10 Å². The number of aromatic nitrogens is 2. The van der Waals surface area contributed by atoms with E-state index in [1.165, 1.54) is 16.7 Å². The maximum absolute atomic E-state index is 5.53. The van der Waals surface area contributed by atoms with E-state index in [1.54, 1.807) is 0 Å². The minimum atomic E-state index is 0.287. The molecule has 0 unspecified atom stereocenters. The summed E-state index contributed by atoms with van der Waals surface area (Å²) in [5.74, 6) is 2.69. The topological polar surface area (TPSA) is 48.3 Å². The second kappa shape index (κ2) is 5.28. The van der Waals surface area contributed by atoms with E-state index in [2.05, 4.69) is 43.4 Å². The van der Waals surface area contributed by atoms with Crippen LogP contribution >= 0.6 is 0 Å². The maximum Gasteiger partial charge on any atom is 0.231 e. The molecule has 126 valence electrons. The third-order valence-corrected chi connectivity index (χ3v) is 5.10. The molecule has 25 heavy (non-hydrogen) atoms. The Morgan fingerprint density at radius 2 is 1.96 bits per heavy atom. The van der Waals surface area contributed by atoms with E-state index in [0.717, 1.165) is 47.2 Å². The van der Waals surface area contributed by atoms with Gasteiger partial charge in [-0.3, -0.25) is 0 Å². The van der Waals surface area contributed by atoms with E-state index in [4.69, 9.17) is 14.6 Å². The van der Waals surface area contributed by atoms with Gasteiger partial charge < -0.3 is 14.8 Å². The van der Waals surface area contributed by atoms with Gasteiger partial charge in [-0.05, 0) is 55.7 Å². The number of aryl methyl sites for hydroxylation is 1. The van der Waals surface area contributed by atoms with E-state index in [-0.39, 0.29) is 6.79 Å². The van der Waals surface area contributed by atoms with Crippen molar-refractivity contribution in [3.63, 3.8) is 0 Å². The van der Waals surface area contributed by atoms with Gasteiger partial charge in [0.05, 0.1) is 11.4 Å². The second-order valence-corrected chi connectivity index (χ2v) is 6.55. The number of nitrogens with one attached hydrogen (secondary N) is 1. The molecule has 0 radical (unpaired) electrons. The molecule has 5 nitrogen and oxygen atoms in total. The molecule has 0 saturated carbocycles. The quantitative estimate of drug-likeness (QED) is 0.774. The molecule has 3 heterocycles. The fraction of sp³-hybridized carbons (Fsp3) is 0.250. The molecular weight excluding hydrogens is 314 g/mol. The van der Waals surface area contributed by atoms with Gasteiger partial charge in [-0.1, -0.05) is 12.1 Å². The lowest BCUT2D eigenvalue weighted by atomic mass is 10.1. The van der Waals surface area contributed by atoms with Crippen molar-refractivity contribution in [2.24, 2.45) is 0 Å². The van der Waals surface area contributed by atoms with Gasteiger partial charge >= 0.3 is 0 Å². The van der Waals surface area contributed by atoms with Crippen molar-refractivity contribution in [2.45, 2.75) is 20.3 Å². The lowest BCUT2D eigenvalue weighted by Gasteiger charge is -2.11. The Bertz CT molecular complexity index is 991. The first kappa shape index (κ1) is 14.4. The molecule has 3 aromatic rings. The fourth-order valence-corrected chi connectivity index (χ4v) is 3.59. The predicted octanol–water partition coefficient (Wildman–Crippen LogP) is 3.85. The zero-order chi connectivity index (χ0) is 17.0. The molecule has 1 N–H and O–H groups in total. The van der Waals surface area contributed by atoms with Crippen molar-refractivity contribution in [1.82, 2.24) is 9.78 Å². The summed E-state index contributed by atoms with van der Waals surface area (Å²) in [6.07, 6.45) is 0.976. The number of benzene rings is 2. The summed E-state index contributed by atoms with van der Waals surface area (Å²) < 4.78 is 13.0. The van der Waals surface area contributed by atoms with E-state index in [0.29, 0.717) is 0 Å². The van der Waals surface area contributed by atoms with Crippen LogP contribution in [0.15, 0.2) is 36.4 Å². The maximum atomic E-state index is 5.53. The van der Waals surface area contributed by atoms with Gasteiger partial charge in [-0.15, -0.1) is 0 Å². The summed E-state index contributed by atoms with van der Waals surface area (Å²) in [4.78, 5) is 0. The molecule has 5 heteroatoms. The predicted molar refractivity (Wildman–Crippen MR) is 96.8 cm³/mol. The van der Waals surface area contributed by atoms with Crippen LogP contribution in [0, 0.1) is 13.8 Å². The molecule has 2 aliphatic rings. The normalized spacial score (nSPS) is 14.5. The van der Waals surface area contributed by atoms with Gasteiger partial charge in [0.1, 0.15) is 5.82 Å². The van der Waals surface area contributed by atoms with E-state index >= 15 is 0 Å². The first-order valence-corrected chi connectivity index (χ1v) is 8.55. The van der Waals surface area contributed by atoms with Crippen LogP contribution in [0.5, 0.6) is 11.5 Å². The lowest BCUT2D eigenvalue weighted by Crippen LogP contribution is -2.06. The highest BCUT2D eigenvalue weighted by atomic mass is 16.7. The van der Waals surface area contributed by atoms with Crippen molar-refractivity contribution < 1.29 is 9.47 Å². The number of hydrogen-bond donors (Lipinski definition) is 1. The van der Waals surface area contributed by atoms with Crippen molar-refractivity contribution in [2.75, 3.05) is 18.7 Å². The number of fused-ring (bicyclic) bond motifs is 2. The van der Waals surface area contributed by atoms with Gasteiger partial charge in [0.2, 0.25) is 6.79 Å². The third-order valence-electron chi connectivity index (χ3n) is 5.10. The zero-order valence-electron chi connectivity index (χ0n) is 14.3. The monoisotopic (exact) mass is 333 g/mol. The highest BCUT2D eigenvalue weighted by Crippen LogP contribution is 2.40. The Labute approximate surface area is 146 Å². The van der Waals surface area contributed by atoms with E-state index in [1.807, 2.05) is 16.8 Å². The first-order valence-electron chi connectivity index (χ1n) is 8.55. The highest BCUT2D eigenvalue weighted by molar-refractivity contribution is 5.75. The third kappa shape index (κ3) is 2.12. The van der Waals surface area contributed by atoms with Crippen LogP contribution in [0.4, 0.5) is 5.82 Å². The Hall–Kier alpha value is -2.95. The molecule has 2 aliphatic heterocycles. The Kier molecular flexibility index (Phi) is 3.04. The summed E-state index contributed by atoms with van der Waals surface area (Å²) in [5.41, 5.74) is 6.98. The van der Waals surface area contributed by atoms with Gasteiger partial charge in [-0.25, -0.2) is 4.68 Å². The largest absolute Gasteiger partial charge is 0.454 e. The number of ether oxygens (including phenoxy) is 2. The summed E-state index contributed by atoms with van der Waals surface area (Å²) in [6, 6.07) is 12.4. The fourth-order valence-electron chi connectivity index (χ4n) is 3.59. The van der Waals surface area contributed by atoms with Crippen molar-refractivity contribution >= 4 is 5.82 Å². The molecular formula is C20H19N3O2. The van der Waals surface area contributed by atoms with Crippen molar-refractivity contribution in [1.29, 1.82) is 0 Å². The molecule has 0 saturated heterocycles. The van der Waals surface area contributed by atoms with Crippen molar-refractivity contribution in [3.05, 3.63) is 53.1 Å². The number of hydrogen-bond acceptors (Lipinski definition) is 4. The van der Waals surface area contributed by atoms with E-state index in [9.17, 15) is 0 Å². The van der Waals surface area contributed by atoms with Gasteiger partial charge in [0.25, 0.3) is 0 Å². The molecule has 0 fully saturated rings. The van der Waals surface area contributed by atoms with E-state index < -0.39 is 0 Å². The molecule has 0 spiro atoms. The molecule has 0 bridgehead atoms. The molecule has 0 amide bonds. The van der Waals surface area contributed by atoms with Gasteiger partial charge in [0, 0.05) is 17.7 Å². The number of rotatable bonds is 2.